The quantitative estimate of drug-likeness (QED) is 0.670. The predicted octanol–water partition coefficient (Wildman–Crippen LogP) is 4.13. The molecule has 0 radical (unpaired) electrons. The van der Waals surface area contributed by atoms with Crippen LogP contribution in [0.25, 0.3) is 0 Å². The third kappa shape index (κ3) is 5.62. The summed E-state index contributed by atoms with van der Waals surface area (Å²) in [7, 11) is 0. The van der Waals surface area contributed by atoms with Gasteiger partial charge in [-0.15, -0.1) is 0 Å². The predicted molar refractivity (Wildman–Crippen MR) is 68.1 cm³/mol. The zero-order valence-electron chi connectivity index (χ0n) is 11.0. The van der Waals surface area contributed by atoms with E-state index in [0.29, 0.717) is 5.92 Å². The van der Waals surface area contributed by atoms with E-state index in [9.17, 15) is 8.78 Å². The average molecular weight is 245 g/mol. The van der Waals surface area contributed by atoms with Crippen LogP contribution in [0.3, 0.4) is 0 Å². The SMILES string of the molecule is C=C(CCC1CC(F)(F)C1)CC(C)CC(C)N. The van der Waals surface area contributed by atoms with Crippen molar-refractivity contribution in [2.45, 2.75) is 64.3 Å². The first-order chi connectivity index (χ1) is 7.78. The van der Waals surface area contributed by atoms with E-state index in [2.05, 4.69) is 13.5 Å². The molecule has 17 heavy (non-hydrogen) atoms. The summed E-state index contributed by atoms with van der Waals surface area (Å²) in [5.41, 5.74) is 6.93. The summed E-state index contributed by atoms with van der Waals surface area (Å²) < 4.78 is 25.3. The largest absolute Gasteiger partial charge is 0.328 e. The minimum Gasteiger partial charge on any atom is -0.328 e. The van der Waals surface area contributed by atoms with E-state index >= 15 is 0 Å². The highest BCUT2D eigenvalue weighted by molar-refractivity contribution is 4.97. The molecule has 0 heterocycles. The fourth-order valence-corrected chi connectivity index (χ4v) is 2.71. The summed E-state index contributed by atoms with van der Waals surface area (Å²) in [4.78, 5) is 0. The molecule has 3 heteroatoms. The first kappa shape index (κ1) is 14.6. The monoisotopic (exact) mass is 245 g/mol. The van der Waals surface area contributed by atoms with Crippen molar-refractivity contribution >= 4 is 0 Å². The van der Waals surface area contributed by atoms with Crippen LogP contribution in [0.15, 0.2) is 12.2 Å². The standard InChI is InChI=1S/C14H25F2N/c1-10(6-11(2)7-12(3)17)4-5-13-8-14(15,16)9-13/h11-13H,1,4-9,17H2,2-3H3. The molecular formula is C14H25F2N. The minimum absolute atomic E-state index is 0.0790. The lowest BCUT2D eigenvalue weighted by atomic mass is 9.77. The van der Waals surface area contributed by atoms with Gasteiger partial charge < -0.3 is 5.73 Å². The molecule has 2 atom stereocenters. The van der Waals surface area contributed by atoms with Crippen molar-refractivity contribution in [1.29, 1.82) is 0 Å². The topological polar surface area (TPSA) is 26.0 Å². The van der Waals surface area contributed by atoms with Crippen molar-refractivity contribution in [2.24, 2.45) is 17.6 Å². The Kier molecular flexibility index (Phi) is 5.11. The van der Waals surface area contributed by atoms with Gasteiger partial charge in [0.05, 0.1) is 0 Å². The third-order valence-electron chi connectivity index (χ3n) is 3.49. The van der Waals surface area contributed by atoms with E-state index < -0.39 is 5.92 Å². The molecule has 1 aliphatic carbocycles. The highest BCUT2D eigenvalue weighted by Crippen LogP contribution is 2.45. The van der Waals surface area contributed by atoms with E-state index in [1.165, 1.54) is 5.57 Å². The molecule has 2 unspecified atom stereocenters. The number of halogens is 2. The second-order valence-electron chi connectivity index (χ2n) is 5.94. The minimum atomic E-state index is -2.38. The van der Waals surface area contributed by atoms with Crippen LogP contribution < -0.4 is 5.73 Å². The summed E-state index contributed by atoms with van der Waals surface area (Å²) in [6, 6.07) is 0.225. The second-order valence-corrected chi connectivity index (χ2v) is 5.94. The molecule has 100 valence electrons. The Bertz CT molecular complexity index is 253. The molecule has 0 saturated heterocycles. The number of allylic oxidation sites excluding steroid dienone is 1. The fraction of sp³-hybridized carbons (Fsp3) is 0.857. The van der Waals surface area contributed by atoms with Gasteiger partial charge in [-0.25, -0.2) is 8.78 Å². The first-order valence-electron chi connectivity index (χ1n) is 6.58. The Morgan fingerprint density at radius 2 is 2.00 bits per heavy atom. The maximum atomic E-state index is 12.6. The van der Waals surface area contributed by atoms with Crippen LogP contribution in [0.5, 0.6) is 0 Å². The maximum Gasteiger partial charge on any atom is 0.248 e. The van der Waals surface area contributed by atoms with Gasteiger partial charge >= 0.3 is 0 Å². The molecule has 0 aromatic rings. The summed E-state index contributed by atoms with van der Waals surface area (Å²) in [6.07, 6.45) is 3.90. The van der Waals surface area contributed by atoms with Gasteiger partial charge in [0.2, 0.25) is 5.92 Å². The van der Waals surface area contributed by atoms with Crippen LogP contribution in [0, 0.1) is 11.8 Å². The van der Waals surface area contributed by atoms with Crippen molar-refractivity contribution in [3.05, 3.63) is 12.2 Å². The Morgan fingerprint density at radius 1 is 1.41 bits per heavy atom. The van der Waals surface area contributed by atoms with E-state index in [1.807, 2.05) is 6.92 Å². The van der Waals surface area contributed by atoms with E-state index in [-0.39, 0.29) is 24.8 Å². The van der Waals surface area contributed by atoms with Crippen molar-refractivity contribution in [1.82, 2.24) is 0 Å². The number of nitrogens with two attached hydrogens (primary N) is 1. The Hall–Kier alpha value is -0.440. The molecule has 0 amide bonds. The summed E-state index contributed by atoms with van der Waals surface area (Å²) in [6.45, 7) is 8.22. The molecule has 0 aromatic carbocycles. The first-order valence-corrected chi connectivity index (χ1v) is 6.58. The van der Waals surface area contributed by atoms with Gasteiger partial charge in [0.1, 0.15) is 0 Å². The summed E-state index contributed by atoms with van der Waals surface area (Å²) in [5, 5.41) is 0. The fourth-order valence-electron chi connectivity index (χ4n) is 2.71. The molecule has 0 spiro atoms. The molecule has 0 bridgehead atoms. The second kappa shape index (κ2) is 5.94. The van der Waals surface area contributed by atoms with Gasteiger partial charge in [0.25, 0.3) is 0 Å². The van der Waals surface area contributed by atoms with Crippen LogP contribution in [0.2, 0.25) is 0 Å². The molecule has 1 fully saturated rings. The van der Waals surface area contributed by atoms with Gasteiger partial charge in [-0.1, -0.05) is 19.1 Å². The zero-order valence-corrected chi connectivity index (χ0v) is 11.0. The van der Waals surface area contributed by atoms with Gasteiger partial charge in [-0.05, 0) is 44.4 Å². The Morgan fingerprint density at radius 3 is 2.47 bits per heavy atom. The van der Waals surface area contributed by atoms with Crippen molar-refractivity contribution < 1.29 is 8.78 Å². The highest BCUT2D eigenvalue weighted by Gasteiger charge is 2.44. The van der Waals surface area contributed by atoms with E-state index in [0.717, 1.165) is 25.7 Å². The van der Waals surface area contributed by atoms with Gasteiger partial charge in [0, 0.05) is 18.9 Å². The maximum absolute atomic E-state index is 12.6. The smallest absolute Gasteiger partial charge is 0.248 e. The van der Waals surface area contributed by atoms with E-state index in [4.69, 9.17) is 5.73 Å². The van der Waals surface area contributed by atoms with Crippen molar-refractivity contribution in [3.8, 4) is 0 Å². The lowest BCUT2D eigenvalue weighted by molar-refractivity contribution is -0.111. The van der Waals surface area contributed by atoms with Gasteiger partial charge in [-0.2, -0.15) is 0 Å². The van der Waals surface area contributed by atoms with Crippen molar-refractivity contribution in [2.75, 3.05) is 0 Å². The molecule has 1 aliphatic rings. The average Bonchev–Trinajstić information content (AvgIpc) is 2.09. The molecule has 1 saturated carbocycles. The Balaban J connectivity index is 2.10. The highest BCUT2D eigenvalue weighted by atomic mass is 19.3. The molecule has 0 aliphatic heterocycles. The number of hydrogen-bond donors (Lipinski definition) is 1. The summed E-state index contributed by atoms with van der Waals surface area (Å²) in [5.74, 6) is -1.62. The molecule has 1 rings (SSSR count). The van der Waals surface area contributed by atoms with Crippen LogP contribution in [-0.2, 0) is 0 Å². The van der Waals surface area contributed by atoms with Crippen LogP contribution in [-0.4, -0.2) is 12.0 Å². The molecule has 2 N–H and O–H groups in total. The normalized spacial score (nSPS) is 22.9. The number of alkyl halides is 2. The third-order valence-corrected chi connectivity index (χ3v) is 3.49. The van der Waals surface area contributed by atoms with E-state index in [1.54, 1.807) is 0 Å². The van der Waals surface area contributed by atoms with Crippen molar-refractivity contribution in [3.63, 3.8) is 0 Å². The Labute approximate surface area is 103 Å². The van der Waals surface area contributed by atoms with Crippen LogP contribution >= 0.6 is 0 Å². The lowest BCUT2D eigenvalue weighted by Crippen LogP contribution is -2.35. The summed E-state index contributed by atoms with van der Waals surface area (Å²) >= 11 is 0. The molecular weight excluding hydrogens is 220 g/mol. The van der Waals surface area contributed by atoms with Gasteiger partial charge in [-0.3, -0.25) is 0 Å². The lowest BCUT2D eigenvalue weighted by Gasteiger charge is -2.35. The number of rotatable bonds is 7. The van der Waals surface area contributed by atoms with Crippen LogP contribution in [0.4, 0.5) is 8.78 Å². The molecule has 0 aromatic heterocycles. The number of hydrogen-bond acceptors (Lipinski definition) is 1. The van der Waals surface area contributed by atoms with Gasteiger partial charge in [0.15, 0.2) is 0 Å². The van der Waals surface area contributed by atoms with Crippen LogP contribution in [0.1, 0.15) is 52.4 Å². The zero-order chi connectivity index (χ0) is 13.1. The molecule has 1 nitrogen and oxygen atoms in total.